The van der Waals surface area contributed by atoms with Gasteiger partial charge < -0.3 is 20.2 Å². The third-order valence-corrected chi connectivity index (χ3v) is 5.64. The molecular weight excluding hydrogens is 330 g/mol. The largest absolute Gasteiger partial charge is 0.392 e. The van der Waals surface area contributed by atoms with E-state index in [1.807, 2.05) is 23.6 Å². The van der Waals surface area contributed by atoms with Gasteiger partial charge in [0.15, 0.2) is 0 Å². The Morgan fingerprint density at radius 1 is 1.35 bits per heavy atom. The average molecular weight is 364 g/mol. The number of nitrogens with zero attached hydrogens (tertiary/aromatic N) is 4. The lowest BCUT2D eigenvalue weighted by Crippen LogP contribution is -2.43. The zero-order valence-corrected chi connectivity index (χ0v) is 16.4. The molecule has 0 aromatic carbocycles. The van der Waals surface area contributed by atoms with Gasteiger partial charge in [-0.3, -0.25) is 4.68 Å². The van der Waals surface area contributed by atoms with Crippen LogP contribution in [0.25, 0.3) is 0 Å². The standard InChI is InChI=1S/C19H33N5O2/c1-14-18(15(2)22(3)21-14)13-24(16-7-8-16)19(26)20-9-5-11-23-10-4-6-17(25)12-23/h16-17,25H,4-13H2,1-3H3,(H,20,26)/t17-/m0/s1. The number of aliphatic hydroxyl groups excluding tert-OH is 1. The van der Waals surface area contributed by atoms with Gasteiger partial charge in [-0.15, -0.1) is 0 Å². The van der Waals surface area contributed by atoms with E-state index in [2.05, 4.69) is 22.2 Å². The molecule has 2 aliphatic rings. The minimum Gasteiger partial charge on any atom is -0.392 e. The van der Waals surface area contributed by atoms with Crippen molar-refractivity contribution in [2.24, 2.45) is 7.05 Å². The summed E-state index contributed by atoms with van der Waals surface area (Å²) < 4.78 is 1.89. The van der Waals surface area contributed by atoms with Crippen molar-refractivity contribution < 1.29 is 9.90 Å². The summed E-state index contributed by atoms with van der Waals surface area (Å²) in [6.45, 7) is 8.14. The highest BCUT2D eigenvalue weighted by molar-refractivity contribution is 5.75. The molecule has 7 heteroatoms. The monoisotopic (exact) mass is 363 g/mol. The van der Waals surface area contributed by atoms with Crippen LogP contribution in [0.15, 0.2) is 0 Å². The molecule has 146 valence electrons. The smallest absolute Gasteiger partial charge is 0.317 e. The third kappa shape index (κ3) is 4.76. The number of piperidine rings is 1. The zero-order valence-electron chi connectivity index (χ0n) is 16.4. The van der Waals surface area contributed by atoms with Crippen LogP contribution >= 0.6 is 0 Å². The molecule has 2 heterocycles. The van der Waals surface area contributed by atoms with E-state index in [-0.39, 0.29) is 12.1 Å². The predicted octanol–water partition coefficient (Wildman–Crippen LogP) is 1.56. The quantitative estimate of drug-likeness (QED) is 0.721. The summed E-state index contributed by atoms with van der Waals surface area (Å²) >= 11 is 0. The van der Waals surface area contributed by atoms with Crippen LogP contribution in [0.5, 0.6) is 0 Å². The van der Waals surface area contributed by atoms with Crippen LogP contribution in [0, 0.1) is 13.8 Å². The molecule has 0 radical (unpaired) electrons. The maximum absolute atomic E-state index is 12.7. The molecule has 7 nitrogen and oxygen atoms in total. The molecule has 1 saturated carbocycles. The molecule has 1 aliphatic heterocycles. The van der Waals surface area contributed by atoms with E-state index < -0.39 is 0 Å². The van der Waals surface area contributed by atoms with Crippen LogP contribution in [-0.4, -0.2) is 69.0 Å². The number of hydrogen-bond acceptors (Lipinski definition) is 4. The molecular formula is C19H33N5O2. The highest BCUT2D eigenvalue weighted by atomic mass is 16.3. The van der Waals surface area contributed by atoms with Crippen LogP contribution in [0.3, 0.4) is 0 Å². The summed E-state index contributed by atoms with van der Waals surface area (Å²) in [6, 6.07) is 0.403. The molecule has 2 amide bonds. The lowest BCUT2D eigenvalue weighted by Gasteiger charge is -2.30. The molecule has 0 bridgehead atoms. The van der Waals surface area contributed by atoms with Gasteiger partial charge in [0.05, 0.1) is 18.3 Å². The highest BCUT2D eigenvalue weighted by Gasteiger charge is 2.33. The van der Waals surface area contributed by atoms with E-state index in [9.17, 15) is 9.90 Å². The first-order chi connectivity index (χ1) is 12.5. The van der Waals surface area contributed by atoms with Crippen LogP contribution in [0.1, 0.15) is 49.1 Å². The first kappa shape index (κ1) is 19.2. The second kappa shape index (κ2) is 8.39. The van der Waals surface area contributed by atoms with Crippen LogP contribution < -0.4 is 5.32 Å². The average Bonchev–Trinajstić information content (AvgIpc) is 3.40. The van der Waals surface area contributed by atoms with E-state index >= 15 is 0 Å². The molecule has 1 aromatic heterocycles. The number of carbonyl (C=O) groups excluding carboxylic acids is 1. The van der Waals surface area contributed by atoms with Gasteiger partial charge in [-0.05, 0) is 59.0 Å². The number of aryl methyl sites for hydroxylation is 2. The Balaban J connectivity index is 1.47. The number of β-amino-alcohol motifs (C(OH)–C–C–N with tert-alkyl or cyclic N) is 1. The van der Waals surface area contributed by atoms with Gasteiger partial charge in [-0.1, -0.05) is 0 Å². The molecule has 1 aromatic rings. The third-order valence-electron chi connectivity index (χ3n) is 5.64. The van der Waals surface area contributed by atoms with Crippen molar-refractivity contribution in [1.82, 2.24) is 24.9 Å². The Morgan fingerprint density at radius 2 is 2.12 bits per heavy atom. The molecule has 0 unspecified atom stereocenters. The molecule has 1 saturated heterocycles. The minimum atomic E-state index is -0.185. The number of urea groups is 1. The Bertz CT molecular complexity index is 626. The van der Waals surface area contributed by atoms with Crippen molar-refractivity contribution in [1.29, 1.82) is 0 Å². The fourth-order valence-corrected chi connectivity index (χ4v) is 3.80. The number of amides is 2. The van der Waals surface area contributed by atoms with E-state index in [4.69, 9.17) is 0 Å². The number of nitrogens with one attached hydrogen (secondary N) is 1. The number of hydrogen-bond donors (Lipinski definition) is 2. The van der Waals surface area contributed by atoms with Gasteiger partial charge in [-0.2, -0.15) is 5.10 Å². The van der Waals surface area contributed by atoms with Crippen molar-refractivity contribution in [3.8, 4) is 0 Å². The van der Waals surface area contributed by atoms with Crippen molar-refractivity contribution in [3.05, 3.63) is 17.0 Å². The maximum Gasteiger partial charge on any atom is 0.317 e. The fraction of sp³-hybridized carbons (Fsp3) is 0.789. The molecule has 1 aliphatic carbocycles. The van der Waals surface area contributed by atoms with Gasteiger partial charge in [0.2, 0.25) is 0 Å². The Kier molecular flexibility index (Phi) is 6.19. The van der Waals surface area contributed by atoms with Gasteiger partial charge in [0, 0.05) is 37.4 Å². The summed E-state index contributed by atoms with van der Waals surface area (Å²) in [4.78, 5) is 17.0. The summed E-state index contributed by atoms with van der Waals surface area (Å²) in [7, 11) is 1.95. The summed E-state index contributed by atoms with van der Waals surface area (Å²) in [5, 5.41) is 17.3. The van der Waals surface area contributed by atoms with Gasteiger partial charge >= 0.3 is 6.03 Å². The molecule has 1 atom stereocenters. The van der Waals surface area contributed by atoms with E-state index in [1.165, 1.54) is 0 Å². The Labute approximate surface area is 156 Å². The summed E-state index contributed by atoms with van der Waals surface area (Å²) in [5.41, 5.74) is 3.30. The molecule has 2 N–H and O–H groups in total. The summed E-state index contributed by atoms with van der Waals surface area (Å²) in [6.07, 6.45) is 4.90. The first-order valence-corrected chi connectivity index (χ1v) is 9.89. The van der Waals surface area contributed by atoms with Crippen LogP contribution in [0.4, 0.5) is 4.79 Å². The predicted molar refractivity (Wildman–Crippen MR) is 101 cm³/mol. The summed E-state index contributed by atoms with van der Waals surface area (Å²) in [5.74, 6) is 0. The maximum atomic E-state index is 12.7. The zero-order chi connectivity index (χ0) is 18.7. The SMILES string of the molecule is Cc1nn(C)c(C)c1CN(C(=O)NCCCN1CCC[C@H](O)C1)C1CC1. The van der Waals surface area contributed by atoms with E-state index in [0.717, 1.165) is 68.7 Å². The number of aromatic nitrogens is 2. The van der Waals surface area contributed by atoms with Crippen molar-refractivity contribution >= 4 is 6.03 Å². The molecule has 26 heavy (non-hydrogen) atoms. The Hall–Kier alpha value is -1.60. The second-order valence-corrected chi connectivity index (χ2v) is 7.81. The van der Waals surface area contributed by atoms with Crippen molar-refractivity contribution in [2.75, 3.05) is 26.2 Å². The lowest BCUT2D eigenvalue weighted by molar-refractivity contribution is 0.0701. The number of carbonyl (C=O) groups is 1. The molecule has 0 spiro atoms. The molecule has 2 fully saturated rings. The minimum absolute atomic E-state index is 0.0360. The van der Waals surface area contributed by atoms with E-state index in [0.29, 0.717) is 19.1 Å². The first-order valence-electron chi connectivity index (χ1n) is 9.89. The topological polar surface area (TPSA) is 73.6 Å². The number of aliphatic hydroxyl groups is 1. The molecule has 3 rings (SSSR count). The number of likely N-dealkylation sites (tertiary alicyclic amines) is 1. The van der Waals surface area contributed by atoms with Crippen molar-refractivity contribution in [2.45, 2.75) is 64.6 Å². The fourth-order valence-electron chi connectivity index (χ4n) is 3.80. The van der Waals surface area contributed by atoms with Gasteiger partial charge in [0.1, 0.15) is 0 Å². The number of rotatable bonds is 7. The second-order valence-electron chi connectivity index (χ2n) is 7.81. The van der Waals surface area contributed by atoms with Gasteiger partial charge in [-0.25, -0.2) is 4.79 Å². The van der Waals surface area contributed by atoms with Gasteiger partial charge in [0.25, 0.3) is 0 Å². The van der Waals surface area contributed by atoms with Crippen LogP contribution in [-0.2, 0) is 13.6 Å². The highest BCUT2D eigenvalue weighted by Crippen LogP contribution is 2.29. The normalized spacial score (nSPS) is 21.0. The lowest BCUT2D eigenvalue weighted by atomic mass is 10.1. The van der Waals surface area contributed by atoms with Crippen molar-refractivity contribution in [3.63, 3.8) is 0 Å². The van der Waals surface area contributed by atoms with E-state index in [1.54, 1.807) is 0 Å². The van der Waals surface area contributed by atoms with Crippen LogP contribution in [0.2, 0.25) is 0 Å². The Morgan fingerprint density at radius 3 is 2.73 bits per heavy atom.